The van der Waals surface area contributed by atoms with Crippen LogP contribution < -0.4 is 5.32 Å². The summed E-state index contributed by atoms with van der Waals surface area (Å²) >= 11 is 0. The monoisotopic (exact) mass is 331 g/mol. The van der Waals surface area contributed by atoms with Gasteiger partial charge in [-0.3, -0.25) is 19.7 Å². The summed E-state index contributed by atoms with van der Waals surface area (Å²) in [4.78, 5) is 14.9. The van der Waals surface area contributed by atoms with Crippen molar-refractivity contribution in [3.63, 3.8) is 0 Å². The fourth-order valence-electron chi connectivity index (χ4n) is 3.63. The fraction of sp³-hybridized carbons (Fsp3) is 0.588. The van der Waals surface area contributed by atoms with E-state index in [0.717, 1.165) is 30.8 Å². The molecule has 7 nitrogen and oxygen atoms in total. The largest absolute Gasteiger partial charge is 0.338 e. The molecule has 130 valence electrons. The molecule has 3 rings (SSSR count). The summed E-state index contributed by atoms with van der Waals surface area (Å²) in [6, 6.07) is 1.71. The van der Waals surface area contributed by atoms with Crippen LogP contribution in [0.25, 0.3) is 0 Å². The second kappa shape index (κ2) is 6.39. The highest BCUT2D eigenvalue weighted by molar-refractivity contribution is 5.93. The number of rotatable bonds is 4. The van der Waals surface area contributed by atoms with E-state index in [2.05, 4.69) is 27.4 Å². The SMILES string of the molecule is Cc1cc(NC(=O)C(C)N2CCCC2c2c(C)nn(C)c2C)on1. The molecule has 7 heteroatoms. The fourth-order valence-corrected chi connectivity index (χ4v) is 3.63. The van der Waals surface area contributed by atoms with E-state index in [1.807, 2.05) is 32.5 Å². The van der Waals surface area contributed by atoms with Gasteiger partial charge in [0.05, 0.1) is 17.4 Å². The molecule has 0 saturated carbocycles. The van der Waals surface area contributed by atoms with Gasteiger partial charge < -0.3 is 4.52 Å². The van der Waals surface area contributed by atoms with Crippen LogP contribution in [0.3, 0.4) is 0 Å². The highest BCUT2D eigenvalue weighted by Gasteiger charge is 2.35. The van der Waals surface area contributed by atoms with Gasteiger partial charge in [-0.15, -0.1) is 0 Å². The lowest BCUT2D eigenvalue weighted by Crippen LogP contribution is -2.41. The average Bonchev–Trinajstić information content (AvgIpc) is 3.20. The summed E-state index contributed by atoms with van der Waals surface area (Å²) in [6.07, 6.45) is 2.13. The maximum Gasteiger partial charge on any atom is 0.243 e. The zero-order valence-corrected chi connectivity index (χ0v) is 15.0. The highest BCUT2D eigenvalue weighted by atomic mass is 16.5. The number of nitrogens with one attached hydrogen (secondary N) is 1. The number of likely N-dealkylation sites (tertiary alicyclic amines) is 1. The van der Waals surface area contributed by atoms with Crippen LogP contribution in [0.1, 0.15) is 48.5 Å². The first-order chi connectivity index (χ1) is 11.4. The molecule has 1 N–H and O–H groups in total. The molecule has 2 aromatic heterocycles. The van der Waals surface area contributed by atoms with E-state index >= 15 is 0 Å². The van der Waals surface area contributed by atoms with Crippen LogP contribution >= 0.6 is 0 Å². The van der Waals surface area contributed by atoms with E-state index in [1.165, 1.54) is 11.3 Å². The second-order valence-corrected chi connectivity index (χ2v) is 6.60. The summed E-state index contributed by atoms with van der Waals surface area (Å²) in [5.74, 6) is 0.325. The van der Waals surface area contributed by atoms with Crippen LogP contribution in [0.4, 0.5) is 5.88 Å². The maximum atomic E-state index is 12.6. The van der Waals surface area contributed by atoms with Gasteiger partial charge in [0.2, 0.25) is 11.8 Å². The molecule has 2 atom stereocenters. The normalized spacial score (nSPS) is 19.6. The lowest BCUT2D eigenvalue weighted by Gasteiger charge is -2.30. The Hall–Kier alpha value is -2.15. The van der Waals surface area contributed by atoms with Crippen LogP contribution in [-0.4, -0.2) is 38.3 Å². The van der Waals surface area contributed by atoms with Gasteiger partial charge >= 0.3 is 0 Å². The molecule has 2 aromatic rings. The number of carbonyl (C=O) groups is 1. The molecule has 1 aliphatic rings. The van der Waals surface area contributed by atoms with Gasteiger partial charge in [0.25, 0.3) is 0 Å². The standard InChI is InChI=1S/C17H25N5O2/c1-10-9-15(24-20-10)18-17(23)13(4)22-8-6-7-14(22)16-11(2)19-21(5)12(16)3/h9,13-14H,6-8H2,1-5H3,(H,18,23). The highest BCUT2D eigenvalue weighted by Crippen LogP contribution is 2.36. The van der Waals surface area contributed by atoms with Crippen molar-refractivity contribution in [2.75, 3.05) is 11.9 Å². The molecular weight excluding hydrogens is 306 g/mol. The molecule has 2 unspecified atom stereocenters. The smallest absolute Gasteiger partial charge is 0.243 e. The van der Waals surface area contributed by atoms with Crippen molar-refractivity contribution in [2.24, 2.45) is 7.05 Å². The molecule has 0 aliphatic carbocycles. The van der Waals surface area contributed by atoms with Crippen LogP contribution in [-0.2, 0) is 11.8 Å². The van der Waals surface area contributed by atoms with Crippen molar-refractivity contribution in [3.8, 4) is 0 Å². The topological polar surface area (TPSA) is 76.2 Å². The predicted octanol–water partition coefficient (Wildman–Crippen LogP) is 2.50. The molecule has 24 heavy (non-hydrogen) atoms. The Morgan fingerprint density at radius 2 is 2.17 bits per heavy atom. The quantitative estimate of drug-likeness (QED) is 0.931. The Balaban J connectivity index is 1.78. The number of amides is 1. The van der Waals surface area contributed by atoms with E-state index < -0.39 is 0 Å². The lowest BCUT2D eigenvalue weighted by atomic mass is 10.0. The van der Waals surface area contributed by atoms with Crippen molar-refractivity contribution >= 4 is 11.8 Å². The maximum absolute atomic E-state index is 12.6. The first-order valence-electron chi connectivity index (χ1n) is 8.38. The van der Waals surface area contributed by atoms with Gasteiger partial charge in [-0.2, -0.15) is 5.10 Å². The molecule has 0 radical (unpaired) electrons. The molecule has 0 aromatic carbocycles. The van der Waals surface area contributed by atoms with Crippen LogP contribution in [0.15, 0.2) is 10.6 Å². The Labute approximate surface area is 142 Å². The minimum Gasteiger partial charge on any atom is -0.338 e. The van der Waals surface area contributed by atoms with Crippen molar-refractivity contribution < 1.29 is 9.32 Å². The van der Waals surface area contributed by atoms with Gasteiger partial charge in [0.15, 0.2) is 0 Å². The first kappa shape index (κ1) is 16.7. The summed E-state index contributed by atoms with van der Waals surface area (Å²) in [5, 5.41) is 11.1. The van der Waals surface area contributed by atoms with Crippen molar-refractivity contribution in [1.82, 2.24) is 19.8 Å². The first-order valence-corrected chi connectivity index (χ1v) is 8.38. The van der Waals surface area contributed by atoms with Crippen molar-refractivity contribution in [1.29, 1.82) is 0 Å². The minimum atomic E-state index is -0.248. The summed E-state index contributed by atoms with van der Waals surface area (Å²) in [6.45, 7) is 8.81. The van der Waals surface area contributed by atoms with Gasteiger partial charge in [-0.1, -0.05) is 5.16 Å². The number of aromatic nitrogens is 3. The van der Waals surface area contributed by atoms with Crippen molar-refractivity contribution in [2.45, 2.75) is 52.6 Å². The third-order valence-corrected chi connectivity index (χ3v) is 4.94. The zero-order valence-electron chi connectivity index (χ0n) is 15.0. The lowest BCUT2D eigenvalue weighted by molar-refractivity contribution is -0.121. The van der Waals surface area contributed by atoms with Gasteiger partial charge in [0.1, 0.15) is 0 Å². The van der Waals surface area contributed by atoms with Gasteiger partial charge in [0, 0.05) is 30.4 Å². The van der Waals surface area contributed by atoms with Crippen LogP contribution in [0.2, 0.25) is 0 Å². The molecular formula is C17H25N5O2. The minimum absolute atomic E-state index is 0.0720. The van der Waals surface area contributed by atoms with Gasteiger partial charge in [-0.05, 0) is 47.1 Å². The van der Waals surface area contributed by atoms with E-state index in [9.17, 15) is 4.79 Å². The van der Waals surface area contributed by atoms with E-state index in [1.54, 1.807) is 6.07 Å². The third kappa shape index (κ3) is 2.96. The van der Waals surface area contributed by atoms with E-state index in [4.69, 9.17) is 4.52 Å². The van der Waals surface area contributed by atoms with Crippen molar-refractivity contribution in [3.05, 3.63) is 28.7 Å². The number of anilines is 1. The molecule has 1 fully saturated rings. The number of nitrogens with zero attached hydrogens (tertiary/aromatic N) is 4. The Morgan fingerprint density at radius 1 is 1.42 bits per heavy atom. The number of hydrogen-bond acceptors (Lipinski definition) is 5. The predicted molar refractivity (Wildman–Crippen MR) is 90.7 cm³/mol. The Bertz CT molecular complexity index is 748. The number of carbonyl (C=O) groups excluding carboxylic acids is 1. The Morgan fingerprint density at radius 3 is 2.75 bits per heavy atom. The Kier molecular flexibility index (Phi) is 4.45. The molecule has 1 amide bonds. The summed E-state index contributed by atoms with van der Waals surface area (Å²) in [5.41, 5.74) is 4.22. The second-order valence-electron chi connectivity index (χ2n) is 6.60. The molecule has 0 bridgehead atoms. The zero-order chi connectivity index (χ0) is 17.4. The average molecular weight is 331 g/mol. The summed E-state index contributed by atoms with van der Waals surface area (Å²) < 4.78 is 7.01. The molecule has 1 aliphatic heterocycles. The van der Waals surface area contributed by atoms with E-state index in [0.29, 0.717) is 5.88 Å². The number of aryl methyl sites for hydroxylation is 3. The molecule has 3 heterocycles. The van der Waals surface area contributed by atoms with Crippen LogP contribution in [0.5, 0.6) is 0 Å². The number of hydrogen-bond donors (Lipinski definition) is 1. The molecule has 1 saturated heterocycles. The van der Waals surface area contributed by atoms with E-state index in [-0.39, 0.29) is 18.0 Å². The van der Waals surface area contributed by atoms with Gasteiger partial charge in [-0.25, -0.2) is 0 Å². The van der Waals surface area contributed by atoms with Crippen LogP contribution in [0, 0.1) is 20.8 Å². The third-order valence-electron chi connectivity index (χ3n) is 4.94. The molecule has 0 spiro atoms. The summed E-state index contributed by atoms with van der Waals surface area (Å²) in [7, 11) is 1.97.